The lowest BCUT2D eigenvalue weighted by molar-refractivity contribution is 0.482. The summed E-state index contributed by atoms with van der Waals surface area (Å²) in [6.45, 7) is 2.68. The third-order valence-corrected chi connectivity index (χ3v) is 12.6. The Bertz CT molecular complexity index is 3550. The molecule has 0 fully saturated rings. The maximum atomic E-state index is 14.0. The highest BCUT2D eigenvalue weighted by atomic mass is 79.9. The highest BCUT2D eigenvalue weighted by Crippen LogP contribution is 2.29. The van der Waals surface area contributed by atoms with Crippen LogP contribution in [0.3, 0.4) is 0 Å². The lowest BCUT2D eigenvalue weighted by atomic mass is 10.1. The minimum Gasteiger partial charge on any atom is -0.457 e. The summed E-state index contributed by atoms with van der Waals surface area (Å²) in [4.78, 5) is 4.13. The Morgan fingerprint density at radius 2 is 0.855 bits per heavy atom. The third-order valence-electron chi connectivity index (χ3n) is 11.9. The van der Waals surface area contributed by atoms with Crippen molar-refractivity contribution in [1.82, 2.24) is 29.5 Å². The molecule has 0 aliphatic heterocycles. The summed E-state index contributed by atoms with van der Waals surface area (Å²) in [6.07, 6.45) is 3.35. The maximum absolute atomic E-state index is 14.0. The second kappa shape index (κ2) is 24.9. The van der Waals surface area contributed by atoms with Crippen LogP contribution in [0, 0.1) is 40.1 Å². The fraction of sp³-hybridized carbons (Fsp3) is 0.100. The first-order valence-electron chi connectivity index (χ1n) is 23.9. The van der Waals surface area contributed by atoms with Crippen molar-refractivity contribution >= 4 is 27.3 Å². The van der Waals surface area contributed by atoms with Gasteiger partial charge >= 0.3 is 0 Å². The Kier molecular flexibility index (Phi) is 16.9. The number of rotatable bonds is 18. The summed E-state index contributed by atoms with van der Waals surface area (Å²) in [5.74, 6) is 2.79. The van der Waals surface area contributed by atoms with Crippen LogP contribution >= 0.6 is 15.9 Å². The zero-order chi connectivity index (χ0) is 52.6. The molecule has 0 aliphatic carbocycles. The van der Waals surface area contributed by atoms with Crippen molar-refractivity contribution in [3.8, 4) is 35.1 Å². The molecule has 0 saturated carbocycles. The van der Waals surface area contributed by atoms with Crippen LogP contribution in [0.2, 0.25) is 0 Å². The van der Waals surface area contributed by atoms with Gasteiger partial charge in [0.15, 0.2) is 11.6 Å². The van der Waals surface area contributed by atoms with Gasteiger partial charge < -0.3 is 28.4 Å². The van der Waals surface area contributed by atoms with E-state index < -0.39 is 11.6 Å². The van der Waals surface area contributed by atoms with Crippen molar-refractivity contribution < 1.29 is 22.6 Å². The second-order valence-electron chi connectivity index (χ2n) is 17.4. The molecule has 0 radical (unpaired) electrons. The molecule has 0 atom stereocenters. The molecule has 2 aromatic heterocycles. The number of anilines is 2. The van der Waals surface area contributed by atoms with Gasteiger partial charge in [0.25, 0.3) is 0 Å². The molecule has 0 spiro atoms. The largest absolute Gasteiger partial charge is 0.457 e. The number of nitriles is 2. The fourth-order valence-corrected chi connectivity index (χ4v) is 8.55. The van der Waals surface area contributed by atoms with E-state index >= 15 is 0 Å². The van der Waals surface area contributed by atoms with Crippen molar-refractivity contribution in [3.05, 3.63) is 274 Å². The van der Waals surface area contributed by atoms with Crippen LogP contribution in [-0.2, 0) is 39.3 Å². The standard InChI is InChI=1S/C30H23BrFN5O.C30H23F2N5O/c31-28-16-24(10-15-29(28)32)19-36(25-11-13-27(14-12-25)38-26-4-2-1-3-5-26)20-30-35-34-21-37(30)18-23-8-6-22(17-33)7-9-23;31-25-14-24(15-26(32)16-25)19-36(27-10-12-29(13-11-27)38-28-4-2-1-3-5-28)20-30-35-34-21-37(30)18-23-8-6-22(17-33)7-9-23/h2*1-16,21H,18-20H2. The number of para-hydroxylation sites is 2. The van der Waals surface area contributed by atoms with Gasteiger partial charge in [-0.1, -0.05) is 66.7 Å². The molecule has 0 unspecified atom stereocenters. The summed E-state index contributed by atoms with van der Waals surface area (Å²) < 4.78 is 58.0. The molecule has 10 aromatic rings. The zero-order valence-corrected chi connectivity index (χ0v) is 42.3. The Labute approximate surface area is 445 Å². The second-order valence-corrected chi connectivity index (χ2v) is 18.3. The molecule has 8 aromatic carbocycles. The van der Waals surface area contributed by atoms with Gasteiger partial charge in [-0.3, -0.25) is 0 Å². The van der Waals surface area contributed by atoms with Gasteiger partial charge in [-0.25, -0.2) is 13.2 Å². The first-order chi connectivity index (χ1) is 37.1. The summed E-state index contributed by atoms with van der Waals surface area (Å²) in [6, 6.07) is 62.0. The number of hydrogen-bond donors (Lipinski definition) is 0. The molecule has 0 saturated heterocycles. The number of benzene rings is 8. The molecule has 376 valence electrons. The minimum absolute atomic E-state index is 0.247. The molecule has 0 aliphatic rings. The smallest absolute Gasteiger partial charge is 0.152 e. The Morgan fingerprint density at radius 1 is 0.447 bits per heavy atom. The van der Waals surface area contributed by atoms with E-state index in [9.17, 15) is 13.2 Å². The quantitative estimate of drug-likeness (QED) is 0.0817. The number of halogens is 4. The summed E-state index contributed by atoms with van der Waals surface area (Å²) in [5, 5.41) is 35.0. The van der Waals surface area contributed by atoms with Crippen LogP contribution in [-0.4, -0.2) is 29.5 Å². The van der Waals surface area contributed by atoms with E-state index in [1.54, 1.807) is 49.1 Å². The third kappa shape index (κ3) is 14.2. The van der Waals surface area contributed by atoms with E-state index in [4.69, 9.17) is 20.0 Å². The van der Waals surface area contributed by atoms with Crippen LogP contribution in [0.15, 0.2) is 211 Å². The monoisotopic (exact) mass is 1070 g/mol. The molecule has 2 heterocycles. The highest BCUT2D eigenvalue weighted by molar-refractivity contribution is 9.10. The lowest BCUT2D eigenvalue weighted by Gasteiger charge is -2.25. The maximum Gasteiger partial charge on any atom is 0.152 e. The van der Waals surface area contributed by atoms with Gasteiger partial charge in [0, 0.05) is 30.5 Å². The zero-order valence-electron chi connectivity index (χ0n) is 40.7. The number of nitrogens with zero attached hydrogens (tertiary/aromatic N) is 10. The van der Waals surface area contributed by atoms with E-state index in [1.165, 1.54) is 18.2 Å². The average Bonchev–Trinajstić information content (AvgIpc) is 4.09. The van der Waals surface area contributed by atoms with Gasteiger partial charge in [-0.05, 0) is 160 Å². The summed E-state index contributed by atoms with van der Waals surface area (Å²) >= 11 is 3.30. The predicted octanol–water partition coefficient (Wildman–Crippen LogP) is 13.6. The van der Waals surface area contributed by atoms with Crippen LogP contribution in [0.4, 0.5) is 24.5 Å². The van der Waals surface area contributed by atoms with E-state index in [2.05, 4.69) is 53.4 Å². The predicted molar refractivity (Wildman–Crippen MR) is 287 cm³/mol. The molecule has 76 heavy (non-hydrogen) atoms. The Balaban J connectivity index is 0.000000186. The Hall–Kier alpha value is -9.51. The Morgan fingerprint density at radius 3 is 1.28 bits per heavy atom. The van der Waals surface area contributed by atoms with E-state index in [0.29, 0.717) is 65.5 Å². The first kappa shape index (κ1) is 51.4. The van der Waals surface area contributed by atoms with Crippen molar-refractivity contribution in [1.29, 1.82) is 10.5 Å². The van der Waals surface area contributed by atoms with Gasteiger partial charge in [-0.15, -0.1) is 20.4 Å². The van der Waals surface area contributed by atoms with E-state index in [1.807, 2.05) is 147 Å². The van der Waals surface area contributed by atoms with Crippen molar-refractivity contribution in [2.24, 2.45) is 0 Å². The van der Waals surface area contributed by atoms with Crippen LogP contribution in [0.5, 0.6) is 23.0 Å². The average molecular weight is 1080 g/mol. The summed E-state index contributed by atoms with van der Waals surface area (Å²) in [7, 11) is 0. The van der Waals surface area contributed by atoms with Crippen LogP contribution in [0.1, 0.15) is 45.0 Å². The summed E-state index contributed by atoms with van der Waals surface area (Å²) in [5.41, 5.74) is 6.46. The molecule has 0 bridgehead atoms. The lowest BCUT2D eigenvalue weighted by Crippen LogP contribution is -2.24. The van der Waals surface area contributed by atoms with Gasteiger partial charge in [0.1, 0.15) is 53.1 Å². The normalized spacial score (nSPS) is 10.7. The fourth-order valence-electron chi connectivity index (χ4n) is 8.13. The van der Waals surface area contributed by atoms with Crippen molar-refractivity contribution in [3.63, 3.8) is 0 Å². The van der Waals surface area contributed by atoms with Crippen LogP contribution < -0.4 is 19.3 Å². The number of hydrogen-bond acceptors (Lipinski definition) is 10. The van der Waals surface area contributed by atoms with Gasteiger partial charge in [0.05, 0.1) is 53.9 Å². The molecule has 12 nitrogen and oxygen atoms in total. The molecule has 0 N–H and O–H groups in total. The van der Waals surface area contributed by atoms with Gasteiger partial charge in [0.2, 0.25) is 0 Å². The molecule has 10 rings (SSSR count). The van der Waals surface area contributed by atoms with Crippen molar-refractivity contribution in [2.45, 2.75) is 39.3 Å². The number of aromatic nitrogens is 6. The van der Waals surface area contributed by atoms with Crippen molar-refractivity contribution in [2.75, 3.05) is 9.80 Å². The topological polar surface area (TPSA) is 134 Å². The van der Waals surface area contributed by atoms with E-state index in [-0.39, 0.29) is 12.4 Å². The molecular formula is C60H46BrF3N10O2. The highest BCUT2D eigenvalue weighted by Gasteiger charge is 2.17. The molecule has 16 heteroatoms. The molecular weight excluding hydrogens is 1030 g/mol. The van der Waals surface area contributed by atoms with E-state index in [0.717, 1.165) is 57.2 Å². The SMILES string of the molecule is N#Cc1ccc(Cn2cnnc2CN(Cc2cc(F)cc(F)c2)c2ccc(Oc3ccccc3)cc2)cc1.N#Cc1ccc(Cn2cnnc2CN(Cc2ccc(F)c(Br)c2)c2ccc(Oc3ccccc3)cc2)cc1. The van der Waals surface area contributed by atoms with Crippen LogP contribution in [0.25, 0.3) is 0 Å². The minimum atomic E-state index is -0.629. The van der Waals surface area contributed by atoms with Gasteiger partial charge in [-0.2, -0.15) is 10.5 Å². The molecule has 0 amide bonds. The number of ether oxygens (including phenoxy) is 2. The first-order valence-corrected chi connectivity index (χ1v) is 24.7.